The van der Waals surface area contributed by atoms with Crippen molar-refractivity contribution in [2.24, 2.45) is 0 Å². The minimum absolute atomic E-state index is 0.116. The number of furan rings is 1. The number of carbonyl (C=O) groups excluding carboxylic acids is 2. The smallest absolute Gasteiger partial charge is 0.293 e. The minimum atomic E-state index is -0.520. The number of benzene rings is 2. The average molecular weight is 455 g/mol. The summed E-state index contributed by atoms with van der Waals surface area (Å²) in [5, 5.41) is 11.0. The first kappa shape index (κ1) is 20.9. The van der Waals surface area contributed by atoms with Gasteiger partial charge in [-0.1, -0.05) is 35.9 Å². The first-order chi connectivity index (χ1) is 14.8. The Morgan fingerprint density at radius 1 is 1.16 bits per heavy atom. The molecule has 2 aromatic carbocycles. The van der Waals surface area contributed by atoms with Gasteiger partial charge in [0.25, 0.3) is 16.8 Å². The predicted molar refractivity (Wildman–Crippen MR) is 119 cm³/mol. The minimum Gasteiger partial charge on any atom is -0.457 e. The third-order valence-electron chi connectivity index (χ3n) is 4.79. The molecule has 2 amide bonds. The monoisotopic (exact) mass is 454 g/mol. The molecule has 0 spiro atoms. The van der Waals surface area contributed by atoms with Crippen molar-refractivity contribution in [2.75, 3.05) is 0 Å². The maximum Gasteiger partial charge on any atom is 0.293 e. The molecule has 1 fully saturated rings. The summed E-state index contributed by atoms with van der Waals surface area (Å²) in [5.41, 5.74) is 2.14. The van der Waals surface area contributed by atoms with Crippen molar-refractivity contribution in [2.45, 2.75) is 13.5 Å². The van der Waals surface area contributed by atoms with Gasteiger partial charge in [-0.3, -0.25) is 24.6 Å². The highest BCUT2D eigenvalue weighted by molar-refractivity contribution is 8.18. The van der Waals surface area contributed by atoms with Gasteiger partial charge in [-0.25, -0.2) is 0 Å². The van der Waals surface area contributed by atoms with Gasteiger partial charge in [0.1, 0.15) is 11.5 Å². The SMILES string of the molecule is Cc1ccccc1CN1C(=O)S/C(=C\c2ccc(-c3cc([N+](=O)[O-])ccc3Cl)o2)C1=O. The molecule has 4 rings (SSSR count). The van der Waals surface area contributed by atoms with Crippen molar-refractivity contribution in [3.63, 3.8) is 0 Å². The van der Waals surface area contributed by atoms with Crippen LogP contribution in [0.3, 0.4) is 0 Å². The van der Waals surface area contributed by atoms with Crippen LogP contribution in [0.1, 0.15) is 16.9 Å². The number of aryl methyl sites for hydroxylation is 1. The molecule has 156 valence electrons. The summed E-state index contributed by atoms with van der Waals surface area (Å²) in [5.74, 6) is 0.252. The Labute approximate surface area is 186 Å². The topological polar surface area (TPSA) is 93.7 Å². The first-order valence-electron chi connectivity index (χ1n) is 9.17. The van der Waals surface area contributed by atoms with Crippen molar-refractivity contribution in [1.82, 2.24) is 4.90 Å². The van der Waals surface area contributed by atoms with Crippen LogP contribution in [0.5, 0.6) is 0 Å². The standard InChI is InChI=1S/C22H15ClN2O5S/c1-13-4-2-3-5-14(13)12-24-21(26)20(31-22(24)27)11-16-7-9-19(30-16)17-10-15(25(28)29)6-8-18(17)23/h2-11H,12H2,1H3/b20-11-. The fraction of sp³-hybridized carbons (Fsp3) is 0.0909. The fourth-order valence-corrected chi connectivity index (χ4v) is 4.14. The number of nitro groups is 1. The largest absolute Gasteiger partial charge is 0.457 e. The van der Waals surface area contributed by atoms with Crippen LogP contribution < -0.4 is 0 Å². The van der Waals surface area contributed by atoms with E-state index in [1.165, 1.54) is 29.2 Å². The lowest BCUT2D eigenvalue weighted by atomic mass is 10.1. The summed E-state index contributed by atoms with van der Waals surface area (Å²) in [4.78, 5) is 37.1. The zero-order valence-corrected chi connectivity index (χ0v) is 17.8. The number of carbonyl (C=O) groups is 2. The molecule has 0 unspecified atom stereocenters. The van der Waals surface area contributed by atoms with E-state index in [1.54, 1.807) is 12.1 Å². The number of thioether (sulfide) groups is 1. The highest BCUT2D eigenvalue weighted by Crippen LogP contribution is 2.36. The Hall–Kier alpha value is -3.36. The molecule has 2 heterocycles. The van der Waals surface area contributed by atoms with Crippen LogP contribution in [-0.4, -0.2) is 21.0 Å². The normalized spacial score (nSPS) is 15.2. The maximum absolute atomic E-state index is 12.8. The van der Waals surface area contributed by atoms with Crippen LogP contribution in [0.2, 0.25) is 5.02 Å². The van der Waals surface area contributed by atoms with Crippen LogP contribution in [0.25, 0.3) is 17.4 Å². The number of hydrogen-bond acceptors (Lipinski definition) is 6. The number of nitrogens with zero attached hydrogens (tertiary/aromatic N) is 2. The van der Waals surface area contributed by atoms with Crippen LogP contribution in [0.15, 0.2) is 63.9 Å². The van der Waals surface area contributed by atoms with Gasteiger partial charge in [0, 0.05) is 23.8 Å². The van der Waals surface area contributed by atoms with E-state index < -0.39 is 10.8 Å². The first-order valence-corrected chi connectivity index (χ1v) is 10.4. The van der Waals surface area contributed by atoms with Gasteiger partial charge in [-0.2, -0.15) is 0 Å². The Morgan fingerprint density at radius 2 is 1.94 bits per heavy atom. The van der Waals surface area contributed by atoms with Gasteiger partial charge in [-0.15, -0.1) is 0 Å². The van der Waals surface area contributed by atoms with Crippen molar-refractivity contribution < 1.29 is 18.9 Å². The lowest BCUT2D eigenvalue weighted by Gasteiger charge is -2.14. The Morgan fingerprint density at radius 3 is 2.68 bits per heavy atom. The molecule has 0 N–H and O–H groups in total. The zero-order chi connectivity index (χ0) is 22.1. The van der Waals surface area contributed by atoms with Crippen LogP contribution >= 0.6 is 23.4 Å². The van der Waals surface area contributed by atoms with E-state index >= 15 is 0 Å². The second-order valence-corrected chi connectivity index (χ2v) is 8.22. The van der Waals surface area contributed by atoms with Gasteiger partial charge in [0.05, 0.1) is 21.4 Å². The van der Waals surface area contributed by atoms with Gasteiger partial charge in [0.2, 0.25) is 0 Å². The summed E-state index contributed by atoms with van der Waals surface area (Å²) in [6.07, 6.45) is 1.48. The van der Waals surface area contributed by atoms with Crippen molar-refractivity contribution >= 4 is 46.3 Å². The third kappa shape index (κ3) is 4.26. The van der Waals surface area contributed by atoms with E-state index in [0.717, 1.165) is 22.9 Å². The average Bonchev–Trinajstić information content (AvgIpc) is 3.30. The molecule has 9 heteroatoms. The van der Waals surface area contributed by atoms with E-state index in [0.29, 0.717) is 22.1 Å². The lowest BCUT2D eigenvalue weighted by molar-refractivity contribution is -0.384. The molecule has 7 nitrogen and oxygen atoms in total. The summed E-state index contributed by atoms with van der Waals surface area (Å²) in [6.45, 7) is 2.12. The fourth-order valence-electron chi connectivity index (χ4n) is 3.11. The maximum atomic E-state index is 12.8. The molecule has 0 aliphatic carbocycles. The van der Waals surface area contributed by atoms with Gasteiger partial charge in [0.15, 0.2) is 0 Å². The van der Waals surface area contributed by atoms with E-state index in [-0.39, 0.29) is 22.4 Å². The number of non-ortho nitro benzene ring substituents is 1. The van der Waals surface area contributed by atoms with Gasteiger partial charge >= 0.3 is 0 Å². The van der Waals surface area contributed by atoms with E-state index in [2.05, 4.69) is 0 Å². The number of amides is 2. The molecule has 1 aliphatic heterocycles. The van der Waals surface area contributed by atoms with Crippen molar-refractivity contribution in [3.8, 4) is 11.3 Å². The van der Waals surface area contributed by atoms with E-state index in [4.69, 9.17) is 16.0 Å². The summed E-state index contributed by atoms with van der Waals surface area (Å²) in [7, 11) is 0. The number of imide groups is 1. The molecule has 3 aromatic rings. The highest BCUT2D eigenvalue weighted by Gasteiger charge is 2.35. The molecule has 0 saturated carbocycles. The van der Waals surface area contributed by atoms with Crippen molar-refractivity contribution in [3.05, 3.63) is 91.5 Å². The van der Waals surface area contributed by atoms with Crippen LogP contribution in [0.4, 0.5) is 10.5 Å². The molecule has 1 aromatic heterocycles. The number of rotatable bonds is 5. The van der Waals surface area contributed by atoms with E-state index in [9.17, 15) is 19.7 Å². The molecular weight excluding hydrogens is 440 g/mol. The number of hydrogen-bond donors (Lipinski definition) is 0. The summed E-state index contributed by atoms with van der Waals surface area (Å²) in [6, 6.07) is 14.8. The molecule has 1 saturated heterocycles. The van der Waals surface area contributed by atoms with E-state index in [1.807, 2.05) is 31.2 Å². The Balaban J connectivity index is 1.58. The van der Waals surface area contributed by atoms with Crippen LogP contribution in [0, 0.1) is 17.0 Å². The van der Waals surface area contributed by atoms with Gasteiger partial charge in [-0.05, 0) is 48.0 Å². The predicted octanol–water partition coefficient (Wildman–Crippen LogP) is 6.05. The second-order valence-electron chi connectivity index (χ2n) is 6.82. The Kier molecular flexibility index (Phi) is 5.67. The second kappa shape index (κ2) is 8.41. The van der Waals surface area contributed by atoms with Crippen molar-refractivity contribution in [1.29, 1.82) is 0 Å². The molecular formula is C22H15ClN2O5S. The molecule has 0 atom stereocenters. The van der Waals surface area contributed by atoms with Crippen LogP contribution in [-0.2, 0) is 11.3 Å². The highest BCUT2D eigenvalue weighted by atomic mass is 35.5. The molecule has 0 radical (unpaired) electrons. The quantitative estimate of drug-likeness (QED) is 0.264. The van der Waals surface area contributed by atoms with Gasteiger partial charge < -0.3 is 4.42 Å². The Bertz CT molecular complexity index is 1250. The summed E-state index contributed by atoms with van der Waals surface area (Å²) >= 11 is 7.00. The number of halogens is 1. The molecule has 31 heavy (non-hydrogen) atoms. The lowest BCUT2D eigenvalue weighted by Crippen LogP contribution is -2.27. The number of nitro benzene ring substituents is 1. The molecule has 0 bridgehead atoms. The molecule has 1 aliphatic rings. The zero-order valence-electron chi connectivity index (χ0n) is 16.2. The summed E-state index contributed by atoms with van der Waals surface area (Å²) < 4.78 is 5.72. The third-order valence-corrected chi connectivity index (χ3v) is 6.03.